The lowest BCUT2D eigenvalue weighted by Crippen LogP contribution is -2.51. The fourth-order valence-corrected chi connectivity index (χ4v) is 6.80. The van der Waals surface area contributed by atoms with Crippen molar-refractivity contribution in [1.82, 2.24) is 0 Å². The molecule has 0 radical (unpaired) electrons. The van der Waals surface area contributed by atoms with Gasteiger partial charge in [0.1, 0.15) is 6.61 Å². The van der Waals surface area contributed by atoms with Crippen LogP contribution in [-0.2, 0) is 4.84 Å². The van der Waals surface area contributed by atoms with Gasteiger partial charge in [-0.15, -0.1) is 0 Å². The molecule has 0 aromatic rings. The zero-order valence-corrected chi connectivity index (χ0v) is 15.8. The van der Waals surface area contributed by atoms with E-state index in [2.05, 4.69) is 25.1 Å². The third-order valence-electron chi connectivity index (χ3n) is 8.32. The van der Waals surface area contributed by atoms with Gasteiger partial charge in [-0.05, 0) is 86.0 Å². The van der Waals surface area contributed by atoms with Crippen molar-refractivity contribution in [2.24, 2.45) is 39.5 Å². The van der Waals surface area contributed by atoms with E-state index in [-0.39, 0.29) is 11.5 Å². The maximum atomic E-state index is 10.6. The number of fused-ring (bicyclic) bond motifs is 5. The van der Waals surface area contributed by atoms with Gasteiger partial charge in [-0.1, -0.05) is 24.6 Å². The lowest BCUT2D eigenvalue weighted by atomic mass is 9.47. The van der Waals surface area contributed by atoms with E-state index in [0.717, 1.165) is 36.3 Å². The minimum atomic E-state index is -0.0759. The Bertz CT molecular complexity index is 586. The summed E-state index contributed by atoms with van der Waals surface area (Å²) in [5.41, 5.74) is 8.67. The number of nitrogens with zero attached hydrogens (tertiary/aromatic N) is 1. The highest BCUT2D eigenvalue weighted by molar-refractivity contribution is 5.96. The van der Waals surface area contributed by atoms with E-state index in [1.54, 1.807) is 5.57 Å². The van der Waals surface area contributed by atoms with Crippen molar-refractivity contribution in [3.8, 4) is 0 Å². The zero-order valence-electron chi connectivity index (χ0n) is 15.8. The van der Waals surface area contributed by atoms with E-state index in [0.29, 0.717) is 18.6 Å². The van der Waals surface area contributed by atoms with E-state index in [1.807, 2.05) is 0 Å². The molecule has 4 aliphatic carbocycles. The quantitative estimate of drug-likeness (QED) is 0.605. The molecule has 4 nitrogen and oxygen atoms in total. The van der Waals surface area contributed by atoms with Gasteiger partial charge in [-0.2, -0.15) is 0 Å². The van der Waals surface area contributed by atoms with Crippen molar-refractivity contribution in [1.29, 1.82) is 0 Å². The van der Waals surface area contributed by atoms with E-state index in [9.17, 15) is 5.11 Å². The summed E-state index contributed by atoms with van der Waals surface area (Å²) in [5.74, 6) is 2.30. The van der Waals surface area contributed by atoms with Gasteiger partial charge in [0.15, 0.2) is 0 Å². The first kappa shape index (κ1) is 17.5. The van der Waals surface area contributed by atoms with Crippen molar-refractivity contribution in [3.05, 3.63) is 11.6 Å². The zero-order chi connectivity index (χ0) is 17.7. The molecule has 0 heterocycles. The average Bonchev–Trinajstić information content (AvgIpc) is 2.90. The molecule has 0 amide bonds. The van der Waals surface area contributed by atoms with Gasteiger partial charge in [-0.3, -0.25) is 0 Å². The van der Waals surface area contributed by atoms with E-state index < -0.39 is 0 Å². The van der Waals surface area contributed by atoms with Crippen LogP contribution < -0.4 is 5.73 Å². The van der Waals surface area contributed by atoms with Gasteiger partial charge >= 0.3 is 0 Å². The van der Waals surface area contributed by atoms with E-state index in [4.69, 9.17) is 10.6 Å². The second-order valence-corrected chi connectivity index (χ2v) is 9.34. The standard InChI is InChI=1S/C21H34N2O2/c1-20-9-7-15(23-25-12-11-22)13-14(20)3-4-16-17-5-6-19(24)21(17,2)10-8-18(16)20/h13,16-19,24H,3-12,22H2,1-2H3/b23-15-/t16?,17?,18?,19-,20+,21+/m1/s1. The third-order valence-corrected chi connectivity index (χ3v) is 8.32. The first-order chi connectivity index (χ1) is 12.0. The van der Waals surface area contributed by atoms with Crippen LogP contribution in [0.2, 0.25) is 0 Å². The molecule has 0 aromatic heterocycles. The number of oxime groups is 1. The number of aliphatic hydroxyl groups is 1. The molecule has 0 bridgehead atoms. The van der Waals surface area contributed by atoms with Crippen molar-refractivity contribution in [2.75, 3.05) is 13.2 Å². The summed E-state index contributed by atoms with van der Waals surface area (Å²) in [6, 6.07) is 0. The minimum Gasteiger partial charge on any atom is -0.394 e. The summed E-state index contributed by atoms with van der Waals surface area (Å²) < 4.78 is 0. The number of rotatable bonds is 3. The first-order valence-corrected chi connectivity index (χ1v) is 10.3. The molecule has 140 valence electrons. The molecule has 6 atom stereocenters. The van der Waals surface area contributed by atoms with Crippen LogP contribution in [0.4, 0.5) is 0 Å². The van der Waals surface area contributed by atoms with Gasteiger partial charge in [0, 0.05) is 6.54 Å². The van der Waals surface area contributed by atoms with Crippen LogP contribution in [0.15, 0.2) is 16.8 Å². The summed E-state index contributed by atoms with van der Waals surface area (Å²) in [6.07, 6.45) is 11.7. The summed E-state index contributed by atoms with van der Waals surface area (Å²) in [4.78, 5) is 5.31. The van der Waals surface area contributed by atoms with Crippen LogP contribution in [0.5, 0.6) is 0 Å². The van der Waals surface area contributed by atoms with Crippen LogP contribution in [0.3, 0.4) is 0 Å². The second-order valence-electron chi connectivity index (χ2n) is 9.34. The second kappa shape index (κ2) is 6.38. The monoisotopic (exact) mass is 346 g/mol. The normalized spacial score (nSPS) is 47.7. The molecule has 25 heavy (non-hydrogen) atoms. The van der Waals surface area contributed by atoms with Gasteiger partial charge in [0.05, 0.1) is 11.8 Å². The molecule has 0 saturated heterocycles. The number of hydrogen-bond acceptors (Lipinski definition) is 4. The molecule has 0 spiro atoms. The summed E-state index contributed by atoms with van der Waals surface area (Å²) in [7, 11) is 0. The molecule has 3 N–H and O–H groups in total. The topological polar surface area (TPSA) is 67.8 Å². The van der Waals surface area contributed by atoms with E-state index >= 15 is 0 Å². The van der Waals surface area contributed by atoms with Gasteiger partial charge in [0.2, 0.25) is 0 Å². The molecule has 3 fully saturated rings. The Balaban J connectivity index is 1.57. The molecular formula is C21H34N2O2. The molecule has 4 rings (SSSR count). The van der Waals surface area contributed by atoms with Crippen molar-refractivity contribution in [3.63, 3.8) is 0 Å². The number of nitrogens with two attached hydrogens (primary N) is 1. The van der Waals surface area contributed by atoms with Crippen molar-refractivity contribution < 1.29 is 9.94 Å². The number of hydrogen-bond donors (Lipinski definition) is 2. The molecule has 0 aromatic carbocycles. The highest BCUT2D eigenvalue weighted by Gasteiger charge is 2.58. The smallest absolute Gasteiger partial charge is 0.129 e. The molecule has 0 aliphatic heterocycles. The fourth-order valence-electron chi connectivity index (χ4n) is 6.80. The summed E-state index contributed by atoms with van der Waals surface area (Å²) in [6.45, 7) is 5.87. The largest absolute Gasteiger partial charge is 0.394 e. The number of allylic oxidation sites excluding steroid dienone is 2. The summed E-state index contributed by atoms with van der Waals surface area (Å²) in [5, 5.41) is 14.9. The number of aliphatic hydroxyl groups excluding tert-OH is 1. The van der Waals surface area contributed by atoms with Crippen molar-refractivity contribution in [2.45, 2.75) is 71.3 Å². The van der Waals surface area contributed by atoms with Crippen LogP contribution in [0.25, 0.3) is 0 Å². The SMILES string of the molecule is C[C@]12CC/C(=N/OCCN)C=C1CCC1C2CC[C@@]2(C)C1CC[C@H]2O. The van der Waals surface area contributed by atoms with Crippen LogP contribution in [0.1, 0.15) is 65.2 Å². The molecule has 3 unspecified atom stereocenters. The maximum Gasteiger partial charge on any atom is 0.129 e. The van der Waals surface area contributed by atoms with Gasteiger partial charge < -0.3 is 15.7 Å². The fraction of sp³-hybridized carbons (Fsp3) is 0.857. The third kappa shape index (κ3) is 2.68. The molecular weight excluding hydrogens is 312 g/mol. The Morgan fingerprint density at radius 2 is 2.00 bits per heavy atom. The van der Waals surface area contributed by atoms with Crippen molar-refractivity contribution >= 4 is 5.71 Å². The first-order valence-electron chi connectivity index (χ1n) is 10.3. The van der Waals surface area contributed by atoms with Gasteiger partial charge in [-0.25, -0.2) is 0 Å². The highest BCUT2D eigenvalue weighted by Crippen LogP contribution is 2.65. The van der Waals surface area contributed by atoms with Crippen LogP contribution >= 0.6 is 0 Å². The van der Waals surface area contributed by atoms with Gasteiger partial charge in [0.25, 0.3) is 0 Å². The Morgan fingerprint density at radius 3 is 2.80 bits per heavy atom. The Morgan fingerprint density at radius 1 is 1.16 bits per heavy atom. The average molecular weight is 347 g/mol. The van der Waals surface area contributed by atoms with E-state index in [1.165, 1.54) is 38.5 Å². The maximum absolute atomic E-state index is 10.6. The molecule has 4 heteroatoms. The predicted molar refractivity (Wildman–Crippen MR) is 100 cm³/mol. The molecule has 3 saturated carbocycles. The predicted octanol–water partition coefficient (Wildman–Crippen LogP) is 3.64. The van der Waals surface area contributed by atoms with Crippen LogP contribution in [-0.4, -0.2) is 30.1 Å². The lowest BCUT2D eigenvalue weighted by molar-refractivity contribution is -0.0722. The minimum absolute atomic E-state index is 0.0759. The Kier molecular flexibility index (Phi) is 4.48. The Labute approximate surface area is 151 Å². The summed E-state index contributed by atoms with van der Waals surface area (Å²) >= 11 is 0. The molecule has 4 aliphatic rings. The van der Waals surface area contributed by atoms with Crippen LogP contribution in [0, 0.1) is 28.6 Å². The lowest BCUT2D eigenvalue weighted by Gasteiger charge is -2.57. The highest BCUT2D eigenvalue weighted by atomic mass is 16.6. The Hall–Kier alpha value is -0.870.